The minimum Gasteiger partial charge on any atom is -0.463 e. The average Bonchev–Trinajstić information content (AvgIpc) is 3.42. The Kier molecular flexibility index (Phi) is 4.38. The summed E-state index contributed by atoms with van der Waals surface area (Å²) in [5.41, 5.74) is 10.3. The molecule has 28 heavy (non-hydrogen) atoms. The molecule has 4 aromatic rings. The molecule has 0 aliphatic heterocycles. The number of rotatable bonds is 5. The Balaban J connectivity index is 1.72. The van der Waals surface area contributed by atoms with Crippen molar-refractivity contribution in [2.24, 2.45) is 5.10 Å². The number of aryl methyl sites for hydroxylation is 1. The fraction of sp³-hybridized carbons (Fsp3) is 0.0588. The molecule has 140 valence electrons. The van der Waals surface area contributed by atoms with Crippen LogP contribution in [0.3, 0.4) is 0 Å². The van der Waals surface area contributed by atoms with Crippen LogP contribution in [0.4, 0.5) is 5.82 Å². The van der Waals surface area contributed by atoms with E-state index in [1.165, 1.54) is 17.2 Å². The highest BCUT2D eigenvalue weighted by molar-refractivity contribution is 5.98. The van der Waals surface area contributed by atoms with Gasteiger partial charge in [-0.05, 0) is 29.4 Å². The molecule has 0 aliphatic carbocycles. The van der Waals surface area contributed by atoms with E-state index in [0.717, 1.165) is 5.56 Å². The van der Waals surface area contributed by atoms with Gasteiger partial charge in [-0.3, -0.25) is 4.79 Å². The van der Waals surface area contributed by atoms with E-state index in [2.05, 4.69) is 35.8 Å². The van der Waals surface area contributed by atoms with Crippen LogP contribution in [-0.2, 0) is 0 Å². The molecule has 3 aromatic heterocycles. The molecule has 1 amide bonds. The number of hydrogen-bond donors (Lipinski definition) is 2. The number of aromatic nitrogens is 5. The average molecular weight is 378 g/mol. The molecule has 0 fully saturated rings. The Hall–Kier alpha value is -4.28. The highest BCUT2D eigenvalue weighted by Crippen LogP contribution is 2.26. The third kappa shape index (κ3) is 3.23. The van der Waals surface area contributed by atoms with Gasteiger partial charge < -0.3 is 10.2 Å². The molecule has 0 aliphatic rings. The first-order chi connectivity index (χ1) is 13.6. The maximum absolute atomic E-state index is 12.6. The summed E-state index contributed by atoms with van der Waals surface area (Å²) in [6.45, 7) is 1.95. The highest BCUT2D eigenvalue weighted by Gasteiger charge is 2.25. The van der Waals surface area contributed by atoms with Crippen molar-refractivity contribution in [1.29, 1.82) is 0 Å². The van der Waals surface area contributed by atoms with Gasteiger partial charge in [0, 0.05) is 5.56 Å². The minimum atomic E-state index is -0.570. The summed E-state index contributed by atoms with van der Waals surface area (Å²) in [6.07, 6.45) is 2.87. The Morgan fingerprint density at radius 3 is 2.75 bits per heavy atom. The topological polar surface area (TPSA) is 150 Å². The number of furan rings is 1. The predicted octanol–water partition coefficient (Wildman–Crippen LogP) is 1.56. The summed E-state index contributed by atoms with van der Waals surface area (Å²) in [6, 6.07) is 10.9. The molecule has 11 heteroatoms. The number of nitrogens with zero attached hydrogens (tertiary/aromatic N) is 6. The second kappa shape index (κ2) is 7.15. The van der Waals surface area contributed by atoms with Crippen molar-refractivity contribution in [2.75, 3.05) is 5.73 Å². The molecular weight excluding hydrogens is 364 g/mol. The molecule has 0 spiro atoms. The zero-order valence-corrected chi connectivity index (χ0v) is 14.6. The minimum absolute atomic E-state index is 0.0149. The predicted molar refractivity (Wildman–Crippen MR) is 97.6 cm³/mol. The largest absolute Gasteiger partial charge is 0.463 e. The molecular formula is C17H14N8O3. The number of anilines is 1. The van der Waals surface area contributed by atoms with Gasteiger partial charge in [0.25, 0.3) is 5.91 Å². The lowest BCUT2D eigenvalue weighted by atomic mass is 10.1. The lowest BCUT2D eigenvalue weighted by Crippen LogP contribution is -2.19. The van der Waals surface area contributed by atoms with E-state index in [-0.39, 0.29) is 17.3 Å². The lowest BCUT2D eigenvalue weighted by molar-refractivity contribution is 0.0950. The van der Waals surface area contributed by atoms with Gasteiger partial charge >= 0.3 is 0 Å². The van der Waals surface area contributed by atoms with Gasteiger partial charge in [-0.15, -0.1) is 5.10 Å². The van der Waals surface area contributed by atoms with E-state index >= 15 is 0 Å². The Labute approximate surface area is 157 Å². The third-order valence-electron chi connectivity index (χ3n) is 3.81. The van der Waals surface area contributed by atoms with Crippen LogP contribution in [0.15, 0.2) is 56.8 Å². The molecule has 4 rings (SSSR count). The number of nitrogens with one attached hydrogen (secondary N) is 1. The molecule has 3 heterocycles. The molecule has 0 saturated carbocycles. The molecule has 0 radical (unpaired) electrons. The van der Waals surface area contributed by atoms with Crippen molar-refractivity contribution in [3.05, 3.63) is 59.7 Å². The second-order valence-electron chi connectivity index (χ2n) is 5.75. The zero-order valence-electron chi connectivity index (χ0n) is 14.6. The summed E-state index contributed by atoms with van der Waals surface area (Å²) < 4.78 is 11.1. The van der Waals surface area contributed by atoms with Gasteiger partial charge in [0.1, 0.15) is 11.5 Å². The summed E-state index contributed by atoms with van der Waals surface area (Å²) in [7, 11) is 0. The van der Waals surface area contributed by atoms with Crippen LogP contribution in [0.25, 0.3) is 17.1 Å². The Morgan fingerprint density at radius 1 is 1.25 bits per heavy atom. The SMILES string of the molecule is Cc1ccc(-c2c(C(=O)NN=Cc3ccco3)nnn2-c2nonc2N)cc1. The number of hydrazone groups is 1. The molecule has 11 nitrogen and oxygen atoms in total. The van der Waals surface area contributed by atoms with Crippen LogP contribution >= 0.6 is 0 Å². The van der Waals surface area contributed by atoms with Crippen LogP contribution in [-0.4, -0.2) is 37.4 Å². The fourth-order valence-electron chi connectivity index (χ4n) is 2.46. The van der Waals surface area contributed by atoms with Gasteiger partial charge in [-0.2, -0.15) is 9.78 Å². The van der Waals surface area contributed by atoms with Gasteiger partial charge in [-0.1, -0.05) is 35.0 Å². The number of hydrogen-bond acceptors (Lipinski definition) is 9. The lowest BCUT2D eigenvalue weighted by Gasteiger charge is -2.06. The van der Waals surface area contributed by atoms with Crippen molar-refractivity contribution in [3.63, 3.8) is 0 Å². The van der Waals surface area contributed by atoms with E-state index < -0.39 is 5.91 Å². The standard InChI is InChI=1S/C17H14N8O3/c1-10-4-6-11(7-5-10)14-13(17(26)21-19-9-12-3-2-8-27-12)20-24-25(14)16-15(18)22-28-23-16/h2-9H,1H3,(H2,18,22)(H,21,26). The Morgan fingerprint density at radius 2 is 2.07 bits per heavy atom. The van der Waals surface area contributed by atoms with Crippen LogP contribution in [0.5, 0.6) is 0 Å². The first kappa shape index (κ1) is 17.1. The van der Waals surface area contributed by atoms with E-state index in [1.54, 1.807) is 12.1 Å². The van der Waals surface area contributed by atoms with Crippen LogP contribution in [0.1, 0.15) is 21.8 Å². The van der Waals surface area contributed by atoms with Crippen molar-refractivity contribution in [2.45, 2.75) is 6.92 Å². The van der Waals surface area contributed by atoms with Gasteiger partial charge in [0.2, 0.25) is 11.6 Å². The number of carbonyl (C=O) groups is 1. The Bertz CT molecular complexity index is 1130. The van der Waals surface area contributed by atoms with E-state index in [4.69, 9.17) is 10.2 Å². The fourth-order valence-corrected chi connectivity index (χ4v) is 2.46. The van der Waals surface area contributed by atoms with Crippen LogP contribution in [0, 0.1) is 6.92 Å². The molecule has 3 N–H and O–H groups in total. The number of carbonyl (C=O) groups excluding carboxylic acids is 1. The summed E-state index contributed by atoms with van der Waals surface area (Å²) in [4.78, 5) is 12.6. The molecule has 1 aromatic carbocycles. The second-order valence-corrected chi connectivity index (χ2v) is 5.75. The first-order valence-electron chi connectivity index (χ1n) is 8.11. The maximum Gasteiger partial charge on any atom is 0.294 e. The summed E-state index contributed by atoms with van der Waals surface area (Å²) in [5.74, 6) is 0.0612. The highest BCUT2D eigenvalue weighted by atomic mass is 16.6. The van der Waals surface area contributed by atoms with Gasteiger partial charge in [-0.25, -0.2) is 10.1 Å². The zero-order chi connectivity index (χ0) is 19.5. The van der Waals surface area contributed by atoms with Crippen molar-refractivity contribution >= 4 is 17.9 Å². The normalized spacial score (nSPS) is 11.2. The van der Waals surface area contributed by atoms with Crippen LogP contribution < -0.4 is 11.2 Å². The van der Waals surface area contributed by atoms with Crippen molar-refractivity contribution in [3.8, 4) is 17.1 Å². The third-order valence-corrected chi connectivity index (χ3v) is 3.81. The van der Waals surface area contributed by atoms with E-state index in [9.17, 15) is 4.79 Å². The first-order valence-corrected chi connectivity index (χ1v) is 8.11. The van der Waals surface area contributed by atoms with Crippen molar-refractivity contribution in [1.82, 2.24) is 30.7 Å². The van der Waals surface area contributed by atoms with Gasteiger partial charge in [0.15, 0.2) is 5.69 Å². The number of nitrogens with two attached hydrogens (primary N) is 1. The van der Waals surface area contributed by atoms with E-state index in [0.29, 0.717) is 17.0 Å². The van der Waals surface area contributed by atoms with Crippen LogP contribution in [0.2, 0.25) is 0 Å². The molecule has 0 unspecified atom stereocenters. The number of nitrogen functional groups attached to an aromatic ring is 1. The van der Waals surface area contributed by atoms with Crippen molar-refractivity contribution < 1.29 is 13.8 Å². The molecule has 0 bridgehead atoms. The maximum atomic E-state index is 12.6. The summed E-state index contributed by atoms with van der Waals surface area (Å²) in [5, 5.41) is 19.1. The smallest absolute Gasteiger partial charge is 0.294 e. The monoisotopic (exact) mass is 378 g/mol. The number of benzene rings is 1. The summed E-state index contributed by atoms with van der Waals surface area (Å²) >= 11 is 0. The molecule has 0 atom stereocenters. The van der Waals surface area contributed by atoms with Gasteiger partial charge in [0.05, 0.1) is 12.5 Å². The quantitative estimate of drug-likeness (QED) is 0.392. The van der Waals surface area contributed by atoms with E-state index in [1.807, 2.05) is 31.2 Å². The molecule has 0 saturated heterocycles. The number of amides is 1.